The molecule has 5 nitrogen and oxygen atoms in total. The highest BCUT2D eigenvalue weighted by Crippen LogP contribution is 2.12. The van der Waals surface area contributed by atoms with Gasteiger partial charge in [-0.25, -0.2) is 0 Å². The van der Waals surface area contributed by atoms with Crippen LogP contribution in [0.2, 0.25) is 0 Å². The van der Waals surface area contributed by atoms with Gasteiger partial charge < -0.3 is 10.1 Å². The normalized spacial score (nSPS) is 10.4. The molecular weight excluding hydrogens is 248 g/mol. The Morgan fingerprint density at radius 3 is 2.67 bits per heavy atom. The van der Waals surface area contributed by atoms with E-state index in [0.29, 0.717) is 10.9 Å². The van der Waals surface area contributed by atoms with Gasteiger partial charge in [-0.05, 0) is 49.0 Å². The molecule has 0 saturated carbocycles. The van der Waals surface area contributed by atoms with E-state index < -0.39 is 0 Å². The Hall–Kier alpha value is -2.13. The molecular formula is C12H14N4OS. The minimum absolute atomic E-state index is 0.0460. The quantitative estimate of drug-likeness (QED) is 0.488. The average molecular weight is 262 g/mol. The van der Waals surface area contributed by atoms with Crippen molar-refractivity contribution in [1.82, 2.24) is 10.7 Å². The SMILES string of the molecule is CNC(=S)N/N=C(/C)c1ccc(OCC#N)cc1. The van der Waals surface area contributed by atoms with Gasteiger partial charge in [0.15, 0.2) is 11.7 Å². The number of hydrazone groups is 1. The molecule has 0 bridgehead atoms. The van der Waals surface area contributed by atoms with E-state index in [2.05, 4.69) is 15.8 Å². The Labute approximate surface area is 111 Å². The van der Waals surface area contributed by atoms with Crippen molar-refractivity contribution >= 4 is 23.0 Å². The predicted octanol–water partition coefficient (Wildman–Crippen LogP) is 1.41. The van der Waals surface area contributed by atoms with E-state index in [0.717, 1.165) is 11.3 Å². The summed E-state index contributed by atoms with van der Waals surface area (Å²) in [5, 5.41) is 15.8. The minimum atomic E-state index is 0.0460. The van der Waals surface area contributed by atoms with E-state index in [1.807, 2.05) is 25.1 Å². The third-order valence-corrected chi connectivity index (χ3v) is 2.42. The van der Waals surface area contributed by atoms with Crippen LogP contribution in [0.1, 0.15) is 12.5 Å². The van der Waals surface area contributed by atoms with Crippen LogP contribution in [-0.4, -0.2) is 24.5 Å². The second-order valence-electron chi connectivity index (χ2n) is 3.36. The van der Waals surface area contributed by atoms with Gasteiger partial charge in [-0.2, -0.15) is 10.4 Å². The topological polar surface area (TPSA) is 69.4 Å². The lowest BCUT2D eigenvalue weighted by Crippen LogP contribution is -2.29. The van der Waals surface area contributed by atoms with E-state index in [9.17, 15) is 0 Å². The van der Waals surface area contributed by atoms with Crippen molar-refractivity contribution in [1.29, 1.82) is 5.26 Å². The maximum Gasteiger partial charge on any atom is 0.186 e. The number of hydrogen-bond acceptors (Lipinski definition) is 4. The monoisotopic (exact) mass is 262 g/mol. The molecule has 1 aromatic rings. The molecule has 0 atom stereocenters. The first-order chi connectivity index (χ1) is 8.67. The molecule has 18 heavy (non-hydrogen) atoms. The van der Waals surface area contributed by atoms with Gasteiger partial charge in [-0.1, -0.05) is 0 Å². The summed E-state index contributed by atoms with van der Waals surface area (Å²) in [7, 11) is 1.72. The van der Waals surface area contributed by atoms with Crippen molar-refractivity contribution in [2.24, 2.45) is 5.10 Å². The van der Waals surface area contributed by atoms with Crippen molar-refractivity contribution in [3.8, 4) is 11.8 Å². The zero-order valence-corrected chi connectivity index (χ0v) is 11.0. The fourth-order valence-corrected chi connectivity index (χ4v) is 1.21. The molecule has 1 aromatic carbocycles. The van der Waals surface area contributed by atoms with Crippen LogP contribution in [0.5, 0.6) is 5.75 Å². The third kappa shape index (κ3) is 4.39. The second kappa shape index (κ2) is 7.25. The summed E-state index contributed by atoms with van der Waals surface area (Å²) < 4.78 is 5.16. The Morgan fingerprint density at radius 2 is 2.11 bits per heavy atom. The summed E-state index contributed by atoms with van der Waals surface area (Å²) in [4.78, 5) is 0. The van der Waals surface area contributed by atoms with Gasteiger partial charge in [-0.3, -0.25) is 5.43 Å². The summed E-state index contributed by atoms with van der Waals surface area (Å²) in [5.74, 6) is 0.659. The number of ether oxygens (including phenoxy) is 1. The highest BCUT2D eigenvalue weighted by molar-refractivity contribution is 7.80. The molecule has 0 saturated heterocycles. The molecule has 0 spiro atoms. The number of thiocarbonyl (C=S) groups is 1. The molecule has 6 heteroatoms. The standard InChI is InChI=1S/C12H14N4OS/c1-9(15-16-12(18)14-2)10-3-5-11(6-4-10)17-8-7-13/h3-6H,8H2,1-2H3,(H2,14,16,18)/b15-9-. The summed E-state index contributed by atoms with van der Waals surface area (Å²) in [6.45, 7) is 1.92. The van der Waals surface area contributed by atoms with Crippen LogP contribution in [0.3, 0.4) is 0 Å². The van der Waals surface area contributed by atoms with Gasteiger partial charge in [-0.15, -0.1) is 0 Å². The van der Waals surface area contributed by atoms with Crippen LogP contribution >= 0.6 is 12.2 Å². The van der Waals surface area contributed by atoms with E-state index in [-0.39, 0.29) is 6.61 Å². The lowest BCUT2D eigenvalue weighted by atomic mass is 10.1. The highest BCUT2D eigenvalue weighted by Gasteiger charge is 1.99. The Balaban J connectivity index is 2.67. The van der Waals surface area contributed by atoms with Crippen LogP contribution in [0.4, 0.5) is 0 Å². The lowest BCUT2D eigenvalue weighted by Gasteiger charge is -2.05. The number of nitrogens with one attached hydrogen (secondary N) is 2. The number of nitriles is 1. The van der Waals surface area contributed by atoms with E-state index in [1.54, 1.807) is 19.2 Å². The zero-order chi connectivity index (χ0) is 13.4. The maximum atomic E-state index is 8.40. The van der Waals surface area contributed by atoms with E-state index in [4.69, 9.17) is 22.2 Å². The molecule has 0 aliphatic carbocycles. The Kier molecular flexibility index (Phi) is 5.61. The molecule has 0 aliphatic rings. The minimum Gasteiger partial charge on any atom is -0.479 e. The molecule has 1 rings (SSSR count). The second-order valence-corrected chi connectivity index (χ2v) is 3.77. The van der Waals surface area contributed by atoms with E-state index >= 15 is 0 Å². The molecule has 0 unspecified atom stereocenters. The van der Waals surface area contributed by atoms with Gasteiger partial charge in [0.05, 0.1) is 5.71 Å². The van der Waals surface area contributed by atoms with Gasteiger partial charge in [0.2, 0.25) is 0 Å². The molecule has 0 aromatic heterocycles. The van der Waals surface area contributed by atoms with Gasteiger partial charge in [0, 0.05) is 7.05 Å². The Bertz CT molecular complexity index is 476. The molecule has 0 radical (unpaired) electrons. The fraction of sp³-hybridized carbons (Fsp3) is 0.250. The highest BCUT2D eigenvalue weighted by atomic mass is 32.1. The van der Waals surface area contributed by atoms with Crippen LogP contribution in [0.25, 0.3) is 0 Å². The number of rotatable bonds is 4. The molecule has 0 heterocycles. The van der Waals surface area contributed by atoms with Crippen molar-refractivity contribution in [3.05, 3.63) is 29.8 Å². The van der Waals surface area contributed by atoms with Crippen LogP contribution in [-0.2, 0) is 0 Å². The summed E-state index contributed by atoms with van der Waals surface area (Å²) in [6, 6.07) is 9.24. The number of benzene rings is 1. The first-order valence-corrected chi connectivity index (χ1v) is 5.70. The summed E-state index contributed by atoms with van der Waals surface area (Å²) in [5.41, 5.74) is 4.47. The zero-order valence-electron chi connectivity index (χ0n) is 10.2. The van der Waals surface area contributed by atoms with Gasteiger partial charge in [0.25, 0.3) is 0 Å². The van der Waals surface area contributed by atoms with Crippen LogP contribution in [0, 0.1) is 11.3 Å². The molecule has 0 fully saturated rings. The Morgan fingerprint density at radius 1 is 1.44 bits per heavy atom. The third-order valence-electron chi connectivity index (χ3n) is 2.13. The fourth-order valence-electron chi connectivity index (χ4n) is 1.16. The summed E-state index contributed by atoms with van der Waals surface area (Å²) >= 11 is 4.91. The summed E-state index contributed by atoms with van der Waals surface area (Å²) in [6.07, 6.45) is 0. The van der Waals surface area contributed by atoms with Crippen LogP contribution < -0.4 is 15.5 Å². The smallest absolute Gasteiger partial charge is 0.186 e. The van der Waals surface area contributed by atoms with Crippen molar-refractivity contribution < 1.29 is 4.74 Å². The number of nitrogens with zero attached hydrogens (tertiary/aromatic N) is 2. The van der Waals surface area contributed by atoms with Crippen molar-refractivity contribution in [2.75, 3.05) is 13.7 Å². The first-order valence-electron chi connectivity index (χ1n) is 5.29. The van der Waals surface area contributed by atoms with Gasteiger partial charge in [0.1, 0.15) is 11.8 Å². The van der Waals surface area contributed by atoms with Crippen LogP contribution in [0.15, 0.2) is 29.4 Å². The van der Waals surface area contributed by atoms with E-state index in [1.165, 1.54) is 0 Å². The van der Waals surface area contributed by atoms with Crippen molar-refractivity contribution in [3.63, 3.8) is 0 Å². The molecule has 0 aliphatic heterocycles. The first kappa shape index (κ1) is 13.9. The molecule has 0 amide bonds. The molecule has 2 N–H and O–H groups in total. The van der Waals surface area contributed by atoms with Gasteiger partial charge >= 0.3 is 0 Å². The lowest BCUT2D eigenvalue weighted by molar-refractivity contribution is 0.368. The van der Waals surface area contributed by atoms with Crippen molar-refractivity contribution in [2.45, 2.75) is 6.92 Å². The maximum absolute atomic E-state index is 8.40. The average Bonchev–Trinajstić information content (AvgIpc) is 2.42. The number of hydrogen-bond donors (Lipinski definition) is 2. The largest absolute Gasteiger partial charge is 0.479 e. The predicted molar refractivity (Wildman–Crippen MR) is 74.6 cm³/mol. The molecule has 94 valence electrons.